The van der Waals surface area contributed by atoms with Gasteiger partial charge in [0.05, 0.1) is 0 Å². The zero-order chi connectivity index (χ0) is 22.8. The Morgan fingerprint density at radius 1 is 0.697 bits per heavy atom. The van der Waals surface area contributed by atoms with E-state index >= 15 is 0 Å². The number of halogens is 2. The standard InChI is InChI=1S/C29H22Cl2OSe/c30-23-15-11-21(12-16-23)29(32,22-13-17-24(31)18-14-22)28(33-25-9-5-2-6-10-25)27-19-26(27)20-7-3-1-4-8-20/h1-18,26,32H,19H2/b28-27+. The van der Waals surface area contributed by atoms with Gasteiger partial charge in [0.25, 0.3) is 0 Å². The van der Waals surface area contributed by atoms with Crippen molar-refractivity contribution < 1.29 is 5.11 Å². The van der Waals surface area contributed by atoms with Crippen molar-refractivity contribution in [1.82, 2.24) is 0 Å². The Kier molecular flexibility index (Phi) is 6.47. The summed E-state index contributed by atoms with van der Waals surface area (Å²) in [6.45, 7) is 0. The maximum atomic E-state index is 12.6. The van der Waals surface area contributed by atoms with Gasteiger partial charge < -0.3 is 0 Å². The Balaban J connectivity index is 1.70. The molecule has 5 rings (SSSR count). The van der Waals surface area contributed by atoms with Gasteiger partial charge in [-0.05, 0) is 0 Å². The number of hydrogen-bond donors (Lipinski definition) is 1. The molecular formula is C29H22Cl2OSe. The summed E-state index contributed by atoms with van der Waals surface area (Å²) in [7, 11) is 0. The van der Waals surface area contributed by atoms with Crippen LogP contribution in [0.15, 0.2) is 119 Å². The van der Waals surface area contributed by atoms with Crippen LogP contribution in [0.4, 0.5) is 0 Å². The summed E-state index contributed by atoms with van der Waals surface area (Å²) in [4.78, 5) is 0. The number of aliphatic hydroxyl groups is 1. The predicted octanol–water partition coefficient (Wildman–Crippen LogP) is 6.70. The molecule has 1 aliphatic carbocycles. The zero-order valence-corrected chi connectivity index (χ0v) is 21.0. The Bertz CT molecular complexity index is 1220. The second-order valence-electron chi connectivity index (χ2n) is 8.16. The van der Waals surface area contributed by atoms with Crippen LogP contribution in [0.1, 0.15) is 29.0 Å². The topological polar surface area (TPSA) is 20.2 Å². The van der Waals surface area contributed by atoms with Gasteiger partial charge in [0.1, 0.15) is 0 Å². The Labute approximate surface area is 210 Å². The molecule has 0 aromatic heterocycles. The van der Waals surface area contributed by atoms with E-state index in [1.54, 1.807) is 0 Å². The summed E-state index contributed by atoms with van der Waals surface area (Å²) in [5.74, 6) is 0.331. The van der Waals surface area contributed by atoms with E-state index in [4.69, 9.17) is 23.2 Å². The molecule has 1 N–H and O–H groups in total. The molecule has 0 amide bonds. The molecule has 33 heavy (non-hydrogen) atoms. The van der Waals surface area contributed by atoms with E-state index in [0.717, 1.165) is 22.0 Å². The van der Waals surface area contributed by atoms with Crippen LogP contribution >= 0.6 is 23.2 Å². The van der Waals surface area contributed by atoms with E-state index in [9.17, 15) is 5.11 Å². The van der Waals surface area contributed by atoms with E-state index < -0.39 is 5.60 Å². The predicted molar refractivity (Wildman–Crippen MR) is 139 cm³/mol. The van der Waals surface area contributed by atoms with Gasteiger partial charge in [-0.3, -0.25) is 0 Å². The molecule has 0 radical (unpaired) electrons. The number of rotatable bonds is 6. The van der Waals surface area contributed by atoms with Crippen LogP contribution < -0.4 is 4.46 Å². The maximum absolute atomic E-state index is 12.6. The first-order valence-electron chi connectivity index (χ1n) is 10.8. The van der Waals surface area contributed by atoms with Crippen LogP contribution in [0.3, 0.4) is 0 Å². The van der Waals surface area contributed by atoms with Crippen LogP contribution in [0.25, 0.3) is 0 Å². The second-order valence-corrected chi connectivity index (χ2v) is 11.3. The molecular weight excluding hydrogens is 514 g/mol. The van der Waals surface area contributed by atoms with Gasteiger partial charge >= 0.3 is 212 Å². The molecule has 164 valence electrons. The molecule has 0 aliphatic heterocycles. The zero-order valence-electron chi connectivity index (χ0n) is 17.8. The normalized spacial score (nSPS) is 17.0. The molecule has 0 spiro atoms. The van der Waals surface area contributed by atoms with E-state index in [2.05, 4.69) is 48.5 Å². The van der Waals surface area contributed by atoms with Gasteiger partial charge in [0.15, 0.2) is 0 Å². The van der Waals surface area contributed by atoms with Crippen molar-refractivity contribution in [3.8, 4) is 0 Å². The van der Waals surface area contributed by atoms with Crippen LogP contribution in [0.5, 0.6) is 0 Å². The molecule has 4 heteroatoms. The van der Waals surface area contributed by atoms with E-state index in [-0.39, 0.29) is 15.0 Å². The number of hydrogen-bond acceptors (Lipinski definition) is 1. The summed E-state index contributed by atoms with van der Waals surface area (Å²) in [5.41, 5.74) is 2.96. The third-order valence-corrected chi connectivity index (χ3v) is 9.16. The van der Waals surface area contributed by atoms with Crippen molar-refractivity contribution in [3.63, 3.8) is 0 Å². The molecule has 4 aromatic carbocycles. The van der Waals surface area contributed by atoms with Gasteiger partial charge in [0.2, 0.25) is 0 Å². The molecule has 1 unspecified atom stereocenters. The molecule has 1 nitrogen and oxygen atoms in total. The van der Waals surface area contributed by atoms with Crippen LogP contribution in [-0.4, -0.2) is 20.1 Å². The molecule has 1 aliphatic rings. The summed E-state index contributed by atoms with van der Waals surface area (Å²) >= 11 is 12.3. The van der Waals surface area contributed by atoms with Crippen molar-refractivity contribution in [1.29, 1.82) is 0 Å². The Hall–Kier alpha value is -2.32. The molecule has 1 atom stereocenters. The minimum absolute atomic E-state index is 0.0753. The molecule has 0 heterocycles. The van der Waals surface area contributed by atoms with Gasteiger partial charge in [-0.2, -0.15) is 0 Å². The first-order valence-corrected chi connectivity index (χ1v) is 13.3. The summed E-state index contributed by atoms with van der Waals surface area (Å²) in [5, 5.41) is 13.9. The van der Waals surface area contributed by atoms with Crippen molar-refractivity contribution in [2.24, 2.45) is 0 Å². The van der Waals surface area contributed by atoms with E-state index in [0.29, 0.717) is 16.0 Å². The SMILES string of the molecule is OC(/C([Se]c1ccccc1)=C1/CC1c1ccccc1)(c1ccc(Cl)cc1)c1ccc(Cl)cc1. The van der Waals surface area contributed by atoms with Gasteiger partial charge in [0, 0.05) is 0 Å². The Morgan fingerprint density at radius 3 is 1.70 bits per heavy atom. The minimum atomic E-state index is -1.27. The molecule has 0 bridgehead atoms. The first-order chi connectivity index (χ1) is 16.1. The summed E-state index contributed by atoms with van der Waals surface area (Å²) < 4.78 is 2.31. The van der Waals surface area contributed by atoms with Crippen molar-refractivity contribution >= 4 is 42.6 Å². The first kappa shape index (κ1) is 22.5. The molecule has 1 saturated carbocycles. The number of allylic oxidation sites excluding steroid dienone is 1. The fourth-order valence-corrected chi connectivity index (χ4v) is 7.12. The third kappa shape index (κ3) is 4.68. The van der Waals surface area contributed by atoms with E-state index in [1.165, 1.54) is 15.6 Å². The summed E-state index contributed by atoms with van der Waals surface area (Å²) in [6.07, 6.45) is 0.956. The molecule has 1 fully saturated rings. The van der Waals surface area contributed by atoms with Crippen molar-refractivity contribution in [2.75, 3.05) is 0 Å². The molecule has 4 aromatic rings. The van der Waals surface area contributed by atoms with Crippen LogP contribution in [0, 0.1) is 0 Å². The third-order valence-electron chi connectivity index (χ3n) is 5.99. The fourth-order valence-electron chi connectivity index (χ4n) is 4.21. The van der Waals surface area contributed by atoms with Crippen molar-refractivity contribution in [2.45, 2.75) is 17.9 Å². The van der Waals surface area contributed by atoms with Gasteiger partial charge in [-0.25, -0.2) is 0 Å². The average Bonchev–Trinajstić information content (AvgIpc) is 3.65. The van der Waals surface area contributed by atoms with E-state index in [1.807, 2.05) is 60.7 Å². The summed E-state index contributed by atoms with van der Waals surface area (Å²) in [6, 6.07) is 36.1. The quantitative estimate of drug-likeness (QED) is 0.272. The fraction of sp³-hybridized carbons (Fsp3) is 0.103. The van der Waals surface area contributed by atoms with Gasteiger partial charge in [-0.1, -0.05) is 0 Å². The Morgan fingerprint density at radius 2 is 1.18 bits per heavy atom. The van der Waals surface area contributed by atoms with Crippen LogP contribution in [-0.2, 0) is 5.60 Å². The average molecular weight is 536 g/mol. The van der Waals surface area contributed by atoms with Crippen molar-refractivity contribution in [3.05, 3.63) is 146 Å². The monoisotopic (exact) mass is 536 g/mol. The second kappa shape index (κ2) is 9.50. The van der Waals surface area contributed by atoms with Crippen LogP contribution in [0.2, 0.25) is 10.0 Å². The van der Waals surface area contributed by atoms with Gasteiger partial charge in [-0.15, -0.1) is 0 Å². The molecule has 0 saturated heterocycles. The number of benzene rings is 4.